The SMILES string of the molecule is CCOC(=O)c1c(C(=S=O)c2cccc(OC)c2)n(C)c2cc(Br)c(O)c(Cn3ccnc3)c12. The fraction of sp³-hybridized carbons (Fsp3) is 0.208. The predicted molar refractivity (Wildman–Crippen MR) is 134 cm³/mol. The van der Waals surface area contributed by atoms with Crippen molar-refractivity contribution in [2.75, 3.05) is 13.7 Å². The first kappa shape index (κ1) is 23.8. The average Bonchev–Trinajstić information content (AvgIpc) is 3.45. The zero-order valence-electron chi connectivity index (χ0n) is 18.7. The van der Waals surface area contributed by atoms with Gasteiger partial charge in [-0.15, -0.1) is 0 Å². The lowest BCUT2D eigenvalue weighted by molar-refractivity contribution is 0.0528. The summed E-state index contributed by atoms with van der Waals surface area (Å²) in [7, 11) is 3.33. The monoisotopic (exact) mass is 543 g/mol. The molecule has 0 saturated heterocycles. The lowest BCUT2D eigenvalue weighted by Crippen LogP contribution is -2.15. The number of halogens is 1. The van der Waals surface area contributed by atoms with Gasteiger partial charge in [-0.05, 0) is 41.1 Å². The van der Waals surface area contributed by atoms with E-state index in [4.69, 9.17) is 9.47 Å². The van der Waals surface area contributed by atoms with Gasteiger partial charge in [0.05, 0.1) is 64.0 Å². The maximum Gasteiger partial charge on any atom is 0.341 e. The molecule has 34 heavy (non-hydrogen) atoms. The minimum Gasteiger partial charge on any atom is -0.506 e. The van der Waals surface area contributed by atoms with Crippen molar-refractivity contribution in [2.45, 2.75) is 13.5 Å². The molecular formula is C24H22BrN3O5S. The molecule has 0 aliphatic heterocycles. The summed E-state index contributed by atoms with van der Waals surface area (Å²) in [5.41, 5.74) is 2.40. The maximum atomic E-state index is 13.3. The van der Waals surface area contributed by atoms with Crippen molar-refractivity contribution >= 4 is 48.9 Å². The largest absolute Gasteiger partial charge is 0.506 e. The molecule has 2 aromatic carbocycles. The second kappa shape index (κ2) is 9.86. The van der Waals surface area contributed by atoms with E-state index >= 15 is 0 Å². The number of fused-ring (bicyclic) bond motifs is 1. The summed E-state index contributed by atoms with van der Waals surface area (Å²) in [6, 6.07) is 8.82. The van der Waals surface area contributed by atoms with Crippen LogP contribution in [0.1, 0.15) is 34.1 Å². The molecule has 0 saturated carbocycles. The van der Waals surface area contributed by atoms with E-state index in [1.165, 1.54) is 0 Å². The Morgan fingerprint density at radius 1 is 1.29 bits per heavy atom. The van der Waals surface area contributed by atoms with Crippen LogP contribution in [0.3, 0.4) is 0 Å². The Kier molecular flexibility index (Phi) is 6.90. The summed E-state index contributed by atoms with van der Waals surface area (Å²) < 4.78 is 27.2. The number of hydrogen-bond donors (Lipinski definition) is 1. The number of nitrogens with zero attached hydrogens (tertiary/aromatic N) is 3. The lowest BCUT2D eigenvalue weighted by Gasteiger charge is -2.12. The van der Waals surface area contributed by atoms with Crippen LogP contribution in [0.4, 0.5) is 0 Å². The van der Waals surface area contributed by atoms with Crippen LogP contribution < -0.4 is 4.74 Å². The number of aryl methyl sites for hydroxylation is 1. The van der Waals surface area contributed by atoms with Gasteiger partial charge in [-0.3, -0.25) is 0 Å². The number of benzene rings is 2. The lowest BCUT2D eigenvalue weighted by atomic mass is 10.0. The second-order valence-corrected chi connectivity index (χ2v) is 8.89. The first-order chi connectivity index (χ1) is 16.4. The number of carbonyl (C=O) groups is 1. The highest BCUT2D eigenvalue weighted by Gasteiger charge is 2.30. The van der Waals surface area contributed by atoms with Crippen LogP contribution in [0.25, 0.3) is 10.9 Å². The number of phenolic OH excluding ortho intramolecular Hbond substituents is 1. The van der Waals surface area contributed by atoms with Crippen LogP contribution in [0.2, 0.25) is 0 Å². The Morgan fingerprint density at radius 3 is 2.74 bits per heavy atom. The Bertz CT molecular complexity index is 1440. The molecule has 0 radical (unpaired) electrons. The standard InChI is InChI=1S/C24H22BrN3O5S/c1-4-33-24(30)20-19-16(12-28-9-8-26-13-28)22(29)17(25)11-18(19)27(2)21(20)23(34-31)14-6-5-7-15(10-14)32-3/h5-11,13,29H,4,12H2,1-3H3. The van der Waals surface area contributed by atoms with Crippen molar-refractivity contribution in [3.63, 3.8) is 0 Å². The van der Waals surface area contributed by atoms with E-state index in [-0.39, 0.29) is 35.7 Å². The zero-order chi connectivity index (χ0) is 24.4. The number of methoxy groups -OCH3 is 1. The molecule has 4 aromatic rings. The third-order valence-electron chi connectivity index (χ3n) is 5.53. The molecule has 4 rings (SSSR count). The number of aromatic hydroxyl groups is 1. The summed E-state index contributed by atoms with van der Waals surface area (Å²) >= 11 is 3.72. The molecule has 0 amide bonds. The number of esters is 1. The molecule has 176 valence electrons. The van der Waals surface area contributed by atoms with Crippen molar-refractivity contribution in [2.24, 2.45) is 7.05 Å². The summed E-state index contributed by atoms with van der Waals surface area (Å²) in [6.45, 7) is 2.14. The number of aromatic nitrogens is 3. The van der Waals surface area contributed by atoms with E-state index in [1.54, 1.807) is 79.3 Å². The second-order valence-electron chi connectivity index (χ2n) is 7.46. The van der Waals surface area contributed by atoms with Gasteiger partial charge in [-0.1, -0.05) is 12.1 Å². The van der Waals surface area contributed by atoms with Gasteiger partial charge in [0.15, 0.2) is 0 Å². The molecule has 2 aromatic heterocycles. The van der Waals surface area contributed by atoms with Crippen LogP contribution in [0, 0.1) is 0 Å². The van der Waals surface area contributed by atoms with Crippen molar-refractivity contribution in [3.05, 3.63) is 75.9 Å². The summed E-state index contributed by atoms with van der Waals surface area (Å²) in [4.78, 5) is 17.7. The smallest absolute Gasteiger partial charge is 0.341 e. The normalized spacial score (nSPS) is 10.9. The fourth-order valence-corrected chi connectivity index (χ4v) is 5.00. The third-order valence-corrected chi connectivity index (χ3v) is 6.73. The van der Waals surface area contributed by atoms with Gasteiger partial charge in [0.1, 0.15) is 11.5 Å². The van der Waals surface area contributed by atoms with Gasteiger partial charge in [0.2, 0.25) is 0 Å². The minimum atomic E-state index is -0.578. The molecule has 10 heteroatoms. The molecule has 0 spiro atoms. The summed E-state index contributed by atoms with van der Waals surface area (Å²) in [6.07, 6.45) is 5.03. The van der Waals surface area contributed by atoms with E-state index in [9.17, 15) is 14.1 Å². The van der Waals surface area contributed by atoms with Crippen molar-refractivity contribution in [1.82, 2.24) is 14.1 Å². The van der Waals surface area contributed by atoms with Crippen LogP contribution in [-0.2, 0) is 29.6 Å². The van der Waals surface area contributed by atoms with Gasteiger partial charge in [-0.25, -0.2) is 14.0 Å². The van der Waals surface area contributed by atoms with Crippen LogP contribution in [0.15, 0.2) is 53.5 Å². The Hall–Kier alpha value is -3.37. The van der Waals surface area contributed by atoms with Gasteiger partial charge < -0.3 is 23.7 Å². The van der Waals surface area contributed by atoms with Crippen LogP contribution >= 0.6 is 15.9 Å². The van der Waals surface area contributed by atoms with Crippen LogP contribution in [0.5, 0.6) is 11.5 Å². The van der Waals surface area contributed by atoms with E-state index in [2.05, 4.69) is 20.9 Å². The molecule has 2 heterocycles. The number of rotatable bonds is 7. The zero-order valence-corrected chi connectivity index (χ0v) is 21.1. The maximum absolute atomic E-state index is 13.3. The Morgan fingerprint density at radius 2 is 2.09 bits per heavy atom. The molecule has 0 fully saturated rings. The van der Waals surface area contributed by atoms with Gasteiger partial charge >= 0.3 is 5.97 Å². The predicted octanol–water partition coefficient (Wildman–Crippen LogP) is 3.86. The number of imidazole rings is 1. The Balaban J connectivity index is 2.09. The quantitative estimate of drug-likeness (QED) is 0.216. The van der Waals surface area contributed by atoms with E-state index in [0.717, 1.165) is 0 Å². The number of carbonyl (C=O) groups excluding carboxylic acids is 1. The molecule has 0 bridgehead atoms. The number of phenols is 1. The van der Waals surface area contributed by atoms with Crippen molar-refractivity contribution < 1.29 is 23.6 Å². The van der Waals surface area contributed by atoms with Crippen molar-refractivity contribution in [1.29, 1.82) is 0 Å². The van der Waals surface area contributed by atoms with Crippen molar-refractivity contribution in [3.8, 4) is 11.5 Å². The number of ether oxygens (including phenoxy) is 2. The highest BCUT2D eigenvalue weighted by Crippen LogP contribution is 2.40. The van der Waals surface area contributed by atoms with Crippen LogP contribution in [-0.4, -0.2) is 48.0 Å². The first-order valence-electron chi connectivity index (χ1n) is 10.4. The third kappa shape index (κ3) is 4.14. The highest BCUT2D eigenvalue weighted by molar-refractivity contribution is 9.10. The highest BCUT2D eigenvalue weighted by atomic mass is 79.9. The van der Waals surface area contributed by atoms with Gasteiger partial charge in [0, 0.05) is 36.0 Å². The topological polar surface area (TPSA) is 95.6 Å². The van der Waals surface area contributed by atoms with E-state index < -0.39 is 5.97 Å². The van der Waals surface area contributed by atoms with E-state index in [1.807, 2.05) is 0 Å². The fourth-order valence-electron chi connectivity index (χ4n) is 4.00. The van der Waals surface area contributed by atoms with E-state index in [0.29, 0.717) is 42.8 Å². The molecule has 0 aliphatic carbocycles. The Labute approximate surface area is 208 Å². The number of hydrogen-bond acceptors (Lipinski definition) is 6. The molecule has 0 aliphatic rings. The minimum absolute atomic E-state index is 0.00149. The molecule has 0 unspecified atom stereocenters. The average molecular weight is 544 g/mol. The summed E-state index contributed by atoms with van der Waals surface area (Å²) in [5, 5.41) is 11.5. The van der Waals surface area contributed by atoms with Gasteiger partial charge in [0.25, 0.3) is 0 Å². The molecule has 1 N–H and O–H groups in total. The molecular weight excluding hydrogens is 522 g/mol. The van der Waals surface area contributed by atoms with Gasteiger partial charge in [-0.2, -0.15) is 0 Å². The molecule has 0 atom stereocenters. The molecule has 8 nitrogen and oxygen atoms in total. The summed E-state index contributed by atoms with van der Waals surface area (Å²) in [5.74, 6) is 0.00874. The first-order valence-corrected chi connectivity index (χ1v) is 11.9.